The van der Waals surface area contributed by atoms with Gasteiger partial charge in [0, 0.05) is 25.9 Å². The van der Waals surface area contributed by atoms with Crippen molar-refractivity contribution in [3.05, 3.63) is 35.9 Å². The Morgan fingerprint density at radius 1 is 1.00 bits per heavy atom. The molecule has 1 saturated heterocycles. The van der Waals surface area contributed by atoms with Crippen molar-refractivity contribution in [2.24, 2.45) is 29.1 Å². The Bertz CT molecular complexity index is 739. The van der Waals surface area contributed by atoms with Crippen LogP contribution < -0.4 is 5.32 Å². The van der Waals surface area contributed by atoms with Crippen molar-refractivity contribution in [3.8, 4) is 0 Å². The molecule has 0 unspecified atom stereocenters. The highest BCUT2D eigenvalue weighted by Gasteiger charge is 2.51. The van der Waals surface area contributed by atoms with Crippen LogP contribution in [0, 0.1) is 29.1 Å². The average molecular weight is 409 g/mol. The fraction of sp³-hybridized carbons (Fsp3) is 0.692. The summed E-state index contributed by atoms with van der Waals surface area (Å²) in [6, 6.07) is 10.5. The quantitative estimate of drug-likeness (QED) is 0.702. The standard InChI is InChI=1S/C26H36N2O2/c29-24(11-20-6-7-28(18-20)17-19-4-2-1-3-5-19)16-27-25(30)15-26-12-21-8-22(13-26)10-23(9-21)14-26/h1-5,20-23H,6-18H2,(H,27,30)/t20-,21?,22?,23?,26?/m0/s1. The Kier molecular flexibility index (Phi) is 5.70. The van der Waals surface area contributed by atoms with Gasteiger partial charge in [-0.1, -0.05) is 30.3 Å². The molecule has 4 heteroatoms. The van der Waals surface area contributed by atoms with E-state index in [0.29, 0.717) is 18.8 Å². The van der Waals surface area contributed by atoms with Crippen molar-refractivity contribution >= 4 is 11.7 Å². The van der Waals surface area contributed by atoms with Crippen LogP contribution in [-0.2, 0) is 16.1 Å². The second kappa shape index (κ2) is 8.45. The van der Waals surface area contributed by atoms with Crippen LogP contribution in [0.15, 0.2) is 30.3 Å². The molecule has 4 nitrogen and oxygen atoms in total. The highest BCUT2D eigenvalue weighted by Crippen LogP contribution is 2.61. The van der Waals surface area contributed by atoms with E-state index >= 15 is 0 Å². The van der Waals surface area contributed by atoms with Crippen LogP contribution in [0.5, 0.6) is 0 Å². The zero-order chi connectivity index (χ0) is 20.6. The number of hydrogen-bond donors (Lipinski definition) is 1. The molecule has 1 N–H and O–H groups in total. The fourth-order valence-electron chi connectivity index (χ4n) is 7.57. The van der Waals surface area contributed by atoms with E-state index in [1.807, 2.05) is 6.07 Å². The molecule has 5 fully saturated rings. The van der Waals surface area contributed by atoms with Crippen molar-refractivity contribution in [2.75, 3.05) is 19.6 Å². The number of nitrogens with zero attached hydrogens (tertiary/aromatic N) is 1. The van der Waals surface area contributed by atoms with Gasteiger partial charge in [0.1, 0.15) is 0 Å². The molecule has 5 aliphatic rings. The SMILES string of the molecule is O=C(CNC(=O)CC12CC3CC(CC(C3)C1)C2)C[C@@H]1CCN(Cc2ccccc2)C1. The molecule has 0 spiro atoms. The Labute approximate surface area is 180 Å². The van der Waals surface area contributed by atoms with Crippen LogP contribution in [0.1, 0.15) is 63.4 Å². The monoisotopic (exact) mass is 408 g/mol. The summed E-state index contributed by atoms with van der Waals surface area (Å²) in [5, 5.41) is 2.98. The molecule has 30 heavy (non-hydrogen) atoms. The van der Waals surface area contributed by atoms with Crippen LogP contribution in [0.25, 0.3) is 0 Å². The summed E-state index contributed by atoms with van der Waals surface area (Å²) in [4.78, 5) is 27.6. The molecular weight excluding hydrogens is 372 g/mol. The first kappa shape index (κ1) is 20.2. The van der Waals surface area contributed by atoms with Crippen LogP contribution in [0.4, 0.5) is 0 Å². The Hall–Kier alpha value is -1.68. The Balaban J connectivity index is 1.03. The first-order valence-electron chi connectivity index (χ1n) is 12.1. The molecule has 1 heterocycles. The maximum Gasteiger partial charge on any atom is 0.220 e. The lowest BCUT2D eigenvalue weighted by molar-refractivity contribution is -0.131. The lowest BCUT2D eigenvalue weighted by Crippen LogP contribution is -2.48. The summed E-state index contributed by atoms with van der Waals surface area (Å²) in [6.07, 6.45) is 10.3. The van der Waals surface area contributed by atoms with Gasteiger partial charge in [0.25, 0.3) is 0 Å². The predicted molar refractivity (Wildman–Crippen MR) is 118 cm³/mol. The molecule has 4 aliphatic carbocycles. The summed E-state index contributed by atoms with van der Waals surface area (Å²) in [5.41, 5.74) is 1.59. The third-order valence-corrected chi connectivity index (χ3v) is 8.32. The van der Waals surface area contributed by atoms with Crippen molar-refractivity contribution in [1.82, 2.24) is 10.2 Å². The highest BCUT2D eigenvalue weighted by molar-refractivity contribution is 5.86. The molecular formula is C26H36N2O2. The molecule has 1 aromatic rings. The second-order valence-corrected chi connectivity index (χ2v) is 11.0. The lowest BCUT2D eigenvalue weighted by atomic mass is 9.49. The van der Waals surface area contributed by atoms with E-state index in [1.54, 1.807) is 0 Å². The van der Waals surface area contributed by atoms with Gasteiger partial charge < -0.3 is 5.32 Å². The second-order valence-electron chi connectivity index (χ2n) is 11.0. The maximum absolute atomic E-state index is 12.7. The number of ketones is 1. The number of amides is 1. The van der Waals surface area contributed by atoms with E-state index in [2.05, 4.69) is 34.5 Å². The topological polar surface area (TPSA) is 49.4 Å². The molecule has 4 saturated carbocycles. The van der Waals surface area contributed by atoms with Crippen LogP contribution in [0.2, 0.25) is 0 Å². The van der Waals surface area contributed by atoms with Gasteiger partial charge in [-0.3, -0.25) is 14.5 Å². The van der Waals surface area contributed by atoms with Gasteiger partial charge in [-0.05, 0) is 86.1 Å². The number of Topliss-reactive ketones (excluding diaryl/α,β-unsaturated/α-hetero) is 1. The van der Waals surface area contributed by atoms with Gasteiger partial charge in [0.05, 0.1) is 6.54 Å². The predicted octanol–water partition coefficient (Wildman–Crippen LogP) is 4.19. The summed E-state index contributed by atoms with van der Waals surface area (Å²) < 4.78 is 0. The number of likely N-dealkylation sites (tertiary alicyclic amines) is 1. The van der Waals surface area contributed by atoms with E-state index in [9.17, 15) is 9.59 Å². The lowest BCUT2D eigenvalue weighted by Gasteiger charge is -2.56. The maximum atomic E-state index is 12.7. The molecule has 162 valence electrons. The number of hydrogen-bond acceptors (Lipinski definition) is 3. The first-order valence-corrected chi connectivity index (χ1v) is 12.1. The smallest absolute Gasteiger partial charge is 0.220 e. The number of rotatable bonds is 8. The molecule has 1 aromatic carbocycles. The molecule has 4 bridgehead atoms. The summed E-state index contributed by atoms with van der Waals surface area (Å²) in [5.74, 6) is 3.34. The minimum absolute atomic E-state index is 0.113. The van der Waals surface area contributed by atoms with E-state index in [0.717, 1.165) is 43.8 Å². The van der Waals surface area contributed by atoms with E-state index in [-0.39, 0.29) is 23.7 Å². The zero-order valence-electron chi connectivity index (χ0n) is 18.2. The van der Waals surface area contributed by atoms with Gasteiger partial charge in [0.2, 0.25) is 5.91 Å². The third-order valence-electron chi connectivity index (χ3n) is 8.32. The Morgan fingerprint density at radius 3 is 2.33 bits per heavy atom. The summed E-state index contributed by atoms with van der Waals surface area (Å²) >= 11 is 0. The van der Waals surface area contributed by atoms with Gasteiger partial charge in [-0.2, -0.15) is 0 Å². The molecule has 1 aliphatic heterocycles. The van der Waals surface area contributed by atoms with Gasteiger partial charge >= 0.3 is 0 Å². The van der Waals surface area contributed by atoms with Gasteiger partial charge in [-0.15, -0.1) is 0 Å². The van der Waals surface area contributed by atoms with E-state index < -0.39 is 0 Å². The third kappa shape index (κ3) is 4.64. The van der Waals surface area contributed by atoms with E-state index in [1.165, 1.54) is 44.1 Å². The molecule has 0 aromatic heterocycles. The zero-order valence-corrected chi connectivity index (χ0v) is 18.2. The largest absolute Gasteiger partial charge is 0.349 e. The van der Waals surface area contributed by atoms with Gasteiger partial charge in [-0.25, -0.2) is 0 Å². The number of carbonyl (C=O) groups excluding carboxylic acids is 2. The number of nitrogens with one attached hydrogen (secondary N) is 1. The molecule has 6 rings (SSSR count). The molecule has 1 amide bonds. The fourth-order valence-corrected chi connectivity index (χ4v) is 7.57. The Morgan fingerprint density at radius 2 is 1.67 bits per heavy atom. The molecule has 1 atom stereocenters. The minimum atomic E-state index is 0.113. The van der Waals surface area contributed by atoms with Crippen molar-refractivity contribution < 1.29 is 9.59 Å². The van der Waals surface area contributed by atoms with Crippen LogP contribution >= 0.6 is 0 Å². The highest BCUT2D eigenvalue weighted by atomic mass is 16.2. The first-order chi connectivity index (χ1) is 14.6. The van der Waals surface area contributed by atoms with Crippen molar-refractivity contribution in [3.63, 3.8) is 0 Å². The van der Waals surface area contributed by atoms with Crippen LogP contribution in [-0.4, -0.2) is 36.2 Å². The average Bonchev–Trinajstić information content (AvgIpc) is 3.12. The van der Waals surface area contributed by atoms with E-state index in [4.69, 9.17) is 0 Å². The van der Waals surface area contributed by atoms with Crippen LogP contribution in [0.3, 0.4) is 0 Å². The minimum Gasteiger partial charge on any atom is -0.349 e. The summed E-state index contributed by atoms with van der Waals surface area (Å²) in [7, 11) is 0. The number of benzene rings is 1. The molecule has 0 radical (unpaired) electrons. The number of carbonyl (C=O) groups is 2. The van der Waals surface area contributed by atoms with Crippen molar-refractivity contribution in [2.45, 2.75) is 64.3 Å². The van der Waals surface area contributed by atoms with Crippen molar-refractivity contribution in [1.29, 1.82) is 0 Å². The normalized spacial score (nSPS) is 34.9. The summed E-state index contributed by atoms with van der Waals surface area (Å²) in [6.45, 7) is 3.24. The van der Waals surface area contributed by atoms with Gasteiger partial charge in [0.15, 0.2) is 5.78 Å².